The molecule has 0 bridgehead atoms. The van der Waals surface area contributed by atoms with Crippen LogP contribution in [0.25, 0.3) is 10.8 Å². The van der Waals surface area contributed by atoms with Crippen molar-refractivity contribution in [1.82, 2.24) is 10.2 Å². The second kappa shape index (κ2) is 11.9. The molecule has 0 spiro atoms. The van der Waals surface area contributed by atoms with Crippen LogP contribution in [0.4, 0.5) is 0 Å². The molecule has 0 aromatic heterocycles. The smallest absolute Gasteiger partial charge is 0.323 e. The maximum absolute atomic E-state index is 13.4. The first-order valence-electron chi connectivity index (χ1n) is 12.5. The average molecular weight is 499 g/mol. The van der Waals surface area contributed by atoms with Crippen LogP contribution in [0.15, 0.2) is 42.5 Å². The van der Waals surface area contributed by atoms with Crippen LogP contribution in [0.3, 0.4) is 0 Å². The van der Waals surface area contributed by atoms with E-state index in [1.54, 1.807) is 11.8 Å². The number of hydrogen-bond acceptors (Lipinski definition) is 5. The van der Waals surface area contributed by atoms with E-state index in [0.717, 1.165) is 35.6 Å². The zero-order chi connectivity index (χ0) is 24.8. The highest BCUT2D eigenvalue weighted by Crippen LogP contribution is 2.37. The topological polar surface area (TPSA) is 107 Å². The highest BCUT2D eigenvalue weighted by molar-refractivity contribution is 7.99. The Labute approximate surface area is 210 Å². The summed E-state index contributed by atoms with van der Waals surface area (Å²) in [6, 6.07) is 12.5. The minimum atomic E-state index is -1.08. The lowest BCUT2D eigenvalue weighted by Gasteiger charge is -2.27. The van der Waals surface area contributed by atoms with Crippen LogP contribution in [-0.2, 0) is 14.4 Å². The summed E-state index contributed by atoms with van der Waals surface area (Å²) in [6.45, 7) is -0.138. The van der Waals surface area contributed by atoms with Gasteiger partial charge in [-0.2, -0.15) is 0 Å². The van der Waals surface area contributed by atoms with Crippen LogP contribution in [0.5, 0.6) is 0 Å². The van der Waals surface area contributed by atoms with Crippen LogP contribution in [0, 0.1) is 5.92 Å². The Hall–Kier alpha value is -2.58. The summed E-state index contributed by atoms with van der Waals surface area (Å²) in [4.78, 5) is 38.4. The number of fused-ring (bicyclic) bond motifs is 1. The molecule has 3 atom stereocenters. The summed E-state index contributed by atoms with van der Waals surface area (Å²) in [6.07, 6.45) is 7.24. The van der Waals surface area contributed by atoms with Crippen molar-refractivity contribution in [3.05, 3.63) is 48.0 Å². The lowest BCUT2D eigenvalue weighted by Crippen LogP contribution is -2.53. The maximum Gasteiger partial charge on any atom is 0.323 e. The molecule has 0 radical (unpaired) electrons. The Bertz CT molecular complexity index is 1050. The van der Waals surface area contributed by atoms with Crippen LogP contribution in [0.1, 0.15) is 55.8 Å². The second-order valence-corrected chi connectivity index (χ2v) is 10.9. The third-order valence-electron chi connectivity index (χ3n) is 7.25. The molecule has 188 valence electrons. The van der Waals surface area contributed by atoms with Gasteiger partial charge in [-0.25, -0.2) is 0 Å². The molecule has 3 N–H and O–H groups in total. The van der Waals surface area contributed by atoms with Gasteiger partial charge in [0, 0.05) is 17.5 Å². The van der Waals surface area contributed by atoms with Gasteiger partial charge in [-0.15, -0.1) is 11.8 Å². The Kier molecular flexibility index (Phi) is 8.68. The van der Waals surface area contributed by atoms with Crippen molar-refractivity contribution in [1.29, 1.82) is 0 Å². The molecule has 1 amide bonds. The van der Waals surface area contributed by atoms with Gasteiger partial charge in [-0.1, -0.05) is 74.6 Å². The Morgan fingerprint density at radius 1 is 1.06 bits per heavy atom. The number of rotatable bonds is 9. The number of carbonyl (C=O) groups is 3. The molecule has 1 saturated heterocycles. The predicted octanol–water partition coefficient (Wildman–Crippen LogP) is 4.31. The van der Waals surface area contributed by atoms with E-state index in [1.165, 1.54) is 24.2 Å². The third kappa shape index (κ3) is 6.55. The van der Waals surface area contributed by atoms with Gasteiger partial charge in [0.2, 0.25) is 5.91 Å². The number of carbonyl (C=O) groups excluding carboxylic acids is 1. The fourth-order valence-electron chi connectivity index (χ4n) is 5.39. The molecule has 2 aromatic rings. The monoisotopic (exact) mass is 498 g/mol. The number of nitrogens with zero attached hydrogens (tertiary/aromatic N) is 1. The first kappa shape index (κ1) is 25.5. The normalized spacial score (nSPS) is 22.6. The summed E-state index contributed by atoms with van der Waals surface area (Å²) < 4.78 is 0. The highest BCUT2D eigenvalue weighted by atomic mass is 32.2. The van der Waals surface area contributed by atoms with Gasteiger partial charge in [-0.3, -0.25) is 19.7 Å². The van der Waals surface area contributed by atoms with E-state index in [4.69, 9.17) is 0 Å². The lowest BCUT2D eigenvalue weighted by molar-refractivity contribution is -0.146. The Morgan fingerprint density at radius 3 is 2.54 bits per heavy atom. The van der Waals surface area contributed by atoms with Gasteiger partial charge < -0.3 is 15.1 Å². The van der Waals surface area contributed by atoms with Crippen LogP contribution < -0.4 is 5.32 Å². The highest BCUT2D eigenvalue weighted by Gasteiger charge is 2.36. The van der Waals surface area contributed by atoms with E-state index in [2.05, 4.69) is 5.32 Å². The summed E-state index contributed by atoms with van der Waals surface area (Å²) in [5, 5.41) is 24.5. The van der Waals surface area contributed by atoms with Gasteiger partial charge in [0.25, 0.3) is 0 Å². The summed E-state index contributed by atoms with van der Waals surface area (Å²) in [5.41, 5.74) is 1.06. The molecule has 2 fully saturated rings. The molecule has 4 rings (SSSR count). The van der Waals surface area contributed by atoms with E-state index in [0.29, 0.717) is 18.1 Å². The first-order chi connectivity index (χ1) is 16.9. The number of benzene rings is 2. The van der Waals surface area contributed by atoms with Gasteiger partial charge in [0.05, 0.1) is 6.04 Å². The maximum atomic E-state index is 13.4. The molecule has 2 aromatic carbocycles. The van der Waals surface area contributed by atoms with Gasteiger partial charge in [0.15, 0.2) is 0 Å². The quantitative estimate of drug-likeness (QED) is 0.473. The fourth-order valence-corrected chi connectivity index (χ4v) is 6.72. The lowest BCUT2D eigenvalue weighted by atomic mass is 9.85. The van der Waals surface area contributed by atoms with Crippen molar-refractivity contribution in [2.45, 2.75) is 62.3 Å². The Morgan fingerprint density at radius 2 is 1.80 bits per heavy atom. The van der Waals surface area contributed by atoms with Gasteiger partial charge in [0.1, 0.15) is 12.6 Å². The molecule has 35 heavy (non-hydrogen) atoms. The number of carboxylic acid groups (broad SMARTS) is 2. The molecule has 7 nitrogen and oxygen atoms in total. The van der Waals surface area contributed by atoms with E-state index in [9.17, 15) is 24.6 Å². The van der Waals surface area contributed by atoms with Crippen LogP contribution in [0.2, 0.25) is 0 Å². The van der Waals surface area contributed by atoms with Gasteiger partial charge >= 0.3 is 11.9 Å². The van der Waals surface area contributed by atoms with Crippen LogP contribution >= 0.6 is 11.8 Å². The largest absolute Gasteiger partial charge is 0.480 e. The molecular formula is C27H34N2O5S. The zero-order valence-corrected chi connectivity index (χ0v) is 20.7. The molecule has 2 aliphatic rings. The fraction of sp³-hybridized carbons (Fsp3) is 0.519. The third-order valence-corrected chi connectivity index (χ3v) is 8.58. The first-order valence-corrected chi connectivity index (χ1v) is 13.6. The molecule has 1 aliphatic heterocycles. The van der Waals surface area contributed by atoms with E-state index < -0.39 is 30.6 Å². The second-order valence-electron chi connectivity index (χ2n) is 9.69. The van der Waals surface area contributed by atoms with Crippen molar-refractivity contribution in [3.63, 3.8) is 0 Å². The molecule has 3 unspecified atom stereocenters. The van der Waals surface area contributed by atoms with Crippen molar-refractivity contribution in [2.24, 2.45) is 5.92 Å². The summed E-state index contributed by atoms with van der Waals surface area (Å²) in [7, 11) is 0. The minimum absolute atomic E-state index is 0.110. The Balaban J connectivity index is 1.52. The standard InChI is InChI=1S/C27H34N2O5S/c30-25(31)16-29-15-24(21-12-6-10-19-9-4-5-11-20(19)21)35-17-23(26(29)32)28-22(27(33)34)14-13-18-7-2-1-3-8-18/h4-6,9-12,18,22-24,28H,1-3,7-8,13-17H2,(H,30,31)(H,33,34). The van der Waals surface area contributed by atoms with Crippen molar-refractivity contribution in [2.75, 3.05) is 18.8 Å². The van der Waals surface area contributed by atoms with E-state index in [1.807, 2.05) is 42.5 Å². The molecule has 8 heteroatoms. The van der Waals surface area contributed by atoms with Crippen molar-refractivity contribution < 1.29 is 24.6 Å². The number of thioether (sulfide) groups is 1. The number of carboxylic acids is 2. The van der Waals surface area contributed by atoms with Crippen molar-refractivity contribution >= 4 is 40.4 Å². The van der Waals surface area contributed by atoms with Crippen LogP contribution in [-0.4, -0.2) is 63.9 Å². The number of hydrogen-bond donors (Lipinski definition) is 3. The number of nitrogens with one attached hydrogen (secondary N) is 1. The van der Waals surface area contributed by atoms with Crippen molar-refractivity contribution in [3.8, 4) is 0 Å². The zero-order valence-electron chi connectivity index (χ0n) is 19.9. The van der Waals surface area contributed by atoms with Gasteiger partial charge in [-0.05, 0) is 35.1 Å². The SMILES string of the molecule is O=C(O)CN1CC(c2cccc3ccccc23)SCC(NC(CCC2CCCCC2)C(=O)O)C1=O. The minimum Gasteiger partial charge on any atom is -0.480 e. The average Bonchev–Trinajstić information content (AvgIpc) is 3.00. The molecule has 1 aliphatic carbocycles. The summed E-state index contributed by atoms with van der Waals surface area (Å²) >= 11 is 1.58. The van der Waals surface area contributed by atoms with E-state index in [-0.39, 0.29) is 17.7 Å². The predicted molar refractivity (Wildman–Crippen MR) is 138 cm³/mol. The number of amides is 1. The number of aliphatic carboxylic acids is 2. The molecule has 1 saturated carbocycles. The molecular weight excluding hydrogens is 464 g/mol. The summed E-state index contributed by atoms with van der Waals surface area (Å²) in [5.74, 6) is -1.45. The van der Waals surface area contributed by atoms with E-state index >= 15 is 0 Å². The molecule has 1 heterocycles.